The Balaban J connectivity index is 0.00000512. The average Bonchev–Trinajstić information content (AvgIpc) is 3.22. The van der Waals surface area contributed by atoms with Crippen LogP contribution in [0.15, 0.2) is 35.2 Å². The molecule has 31 heavy (non-hydrogen) atoms. The molecular weight excluding hydrogens is 424 g/mol. The number of aromatic nitrogens is 2. The van der Waals surface area contributed by atoms with E-state index >= 15 is 0 Å². The molecule has 0 radical (unpaired) electrons. The van der Waals surface area contributed by atoms with E-state index in [1.807, 2.05) is 0 Å². The molecule has 11 heteroatoms. The highest BCUT2D eigenvalue weighted by Crippen LogP contribution is 2.16. The number of terminal acetylenes is 1. The molecular formula is C20H28N4O6S. The van der Waals surface area contributed by atoms with E-state index in [1.54, 1.807) is 24.5 Å². The predicted molar refractivity (Wildman–Crippen MR) is 116 cm³/mol. The van der Waals surface area contributed by atoms with Crippen LogP contribution in [0.4, 0.5) is 6.01 Å². The van der Waals surface area contributed by atoms with Crippen LogP contribution in [-0.2, 0) is 16.4 Å². The summed E-state index contributed by atoms with van der Waals surface area (Å²) in [7, 11) is -2.37. The van der Waals surface area contributed by atoms with Crippen molar-refractivity contribution in [2.24, 2.45) is 0 Å². The van der Waals surface area contributed by atoms with E-state index in [1.165, 1.54) is 7.05 Å². The van der Waals surface area contributed by atoms with Crippen molar-refractivity contribution in [1.29, 1.82) is 0 Å². The normalized spacial score (nSPS) is 14.3. The van der Waals surface area contributed by atoms with Crippen molar-refractivity contribution >= 4 is 21.9 Å². The third kappa shape index (κ3) is 7.06. The number of anilines is 1. The first-order valence-corrected chi connectivity index (χ1v) is 11.4. The van der Waals surface area contributed by atoms with Crippen LogP contribution in [0.1, 0.15) is 36.7 Å². The van der Waals surface area contributed by atoms with Crippen LogP contribution in [0.2, 0.25) is 0 Å². The van der Waals surface area contributed by atoms with Crippen molar-refractivity contribution in [3.05, 3.63) is 42.0 Å². The molecule has 0 saturated heterocycles. The largest absolute Gasteiger partial charge is 0.430 e. The SMILES string of the molecule is C#CCCCC(O)C(O)C(Cc1ccncc1)NC(=O)c1coc(N(C)S(C)(=O)=O)n1.[HH]. The number of hydrogen-bond donors (Lipinski definition) is 3. The van der Waals surface area contributed by atoms with Crippen LogP contribution in [0.25, 0.3) is 0 Å². The molecule has 0 spiro atoms. The number of rotatable bonds is 11. The number of nitrogens with one attached hydrogen (secondary N) is 1. The average molecular weight is 453 g/mol. The first kappa shape index (κ1) is 24.3. The zero-order valence-electron chi connectivity index (χ0n) is 17.3. The predicted octanol–water partition coefficient (Wildman–Crippen LogP) is 0.578. The van der Waals surface area contributed by atoms with Crippen molar-refractivity contribution in [2.75, 3.05) is 17.6 Å². The standard InChI is InChI=1S/C20H26N4O6S.H2/c1-4-5-6-7-17(25)18(26)15(12-14-8-10-21-11-9-14)22-19(27)16-13-30-20(23-16)24(2)31(3,28)29;/h1,8-11,13,15,17-18,25-26H,5-7,12H2,2-3H3,(H,22,27);1H. The van der Waals surface area contributed by atoms with Crippen molar-refractivity contribution in [3.8, 4) is 12.3 Å². The van der Waals surface area contributed by atoms with Gasteiger partial charge < -0.3 is 19.9 Å². The maximum atomic E-state index is 12.7. The third-order valence-corrected chi connectivity index (χ3v) is 5.79. The lowest BCUT2D eigenvalue weighted by atomic mass is 9.95. The molecule has 0 aliphatic heterocycles. The fourth-order valence-corrected chi connectivity index (χ4v) is 3.15. The van der Waals surface area contributed by atoms with Gasteiger partial charge >= 0.3 is 6.01 Å². The molecule has 3 atom stereocenters. The molecule has 3 N–H and O–H groups in total. The monoisotopic (exact) mass is 452 g/mol. The van der Waals surface area contributed by atoms with Gasteiger partial charge in [-0.05, 0) is 37.0 Å². The summed E-state index contributed by atoms with van der Waals surface area (Å²) in [6.07, 6.45) is 9.45. The van der Waals surface area contributed by atoms with Gasteiger partial charge in [0.1, 0.15) is 12.4 Å². The van der Waals surface area contributed by atoms with Gasteiger partial charge in [-0.15, -0.1) is 12.3 Å². The number of unbranched alkanes of at least 4 members (excludes halogenated alkanes) is 1. The van der Waals surface area contributed by atoms with E-state index in [9.17, 15) is 23.4 Å². The number of amides is 1. The molecule has 0 aromatic carbocycles. The Morgan fingerprint density at radius 2 is 2.06 bits per heavy atom. The minimum atomic E-state index is -3.62. The second-order valence-corrected chi connectivity index (χ2v) is 9.05. The van der Waals surface area contributed by atoms with Crippen molar-refractivity contribution in [2.45, 2.75) is 43.9 Å². The molecule has 2 aromatic heterocycles. The number of aliphatic hydroxyl groups is 2. The van der Waals surface area contributed by atoms with Crippen molar-refractivity contribution in [1.82, 2.24) is 15.3 Å². The molecule has 0 saturated carbocycles. The van der Waals surface area contributed by atoms with E-state index in [4.69, 9.17) is 10.8 Å². The summed E-state index contributed by atoms with van der Waals surface area (Å²) in [5.41, 5.74) is 0.618. The number of oxazole rings is 1. The summed E-state index contributed by atoms with van der Waals surface area (Å²) in [6, 6.07) is 2.33. The molecule has 3 unspecified atom stereocenters. The zero-order valence-corrected chi connectivity index (χ0v) is 18.1. The lowest BCUT2D eigenvalue weighted by Gasteiger charge is -2.27. The maximum Gasteiger partial charge on any atom is 0.311 e. The molecule has 2 aromatic rings. The minimum Gasteiger partial charge on any atom is -0.430 e. The lowest BCUT2D eigenvalue weighted by molar-refractivity contribution is -0.00791. The van der Waals surface area contributed by atoms with Gasteiger partial charge in [-0.1, -0.05) is 0 Å². The number of aliphatic hydroxyl groups excluding tert-OH is 2. The summed E-state index contributed by atoms with van der Waals surface area (Å²) in [4.78, 5) is 20.5. The summed E-state index contributed by atoms with van der Waals surface area (Å²) in [5.74, 6) is 1.78. The molecule has 10 nitrogen and oxygen atoms in total. The van der Waals surface area contributed by atoms with Gasteiger partial charge in [-0.3, -0.25) is 9.78 Å². The summed E-state index contributed by atoms with van der Waals surface area (Å²) in [6.45, 7) is 0. The van der Waals surface area contributed by atoms with Gasteiger partial charge in [0.25, 0.3) is 5.91 Å². The Kier molecular flexibility index (Phi) is 8.56. The Bertz CT molecular complexity index is 1010. The van der Waals surface area contributed by atoms with Crippen LogP contribution >= 0.6 is 0 Å². The van der Waals surface area contributed by atoms with Crippen molar-refractivity contribution in [3.63, 3.8) is 0 Å². The fraction of sp³-hybridized carbons (Fsp3) is 0.450. The number of carbonyl (C=O) groups excluding carboxylic acids is 1. The van der Waals surface area contributed by atoms with E-state index in [0.29, 0.717) is 12.8 Å². The van der Waals surface area contributed by atoms with Gasteiger partial charge in [-0.25, -0.2) is 12.7 Å². The van der Waals surface area contributed by atoms with E-state index in [2.05, 4.69) is 21.2 Å². The number of sulfonamides is 1. The second kappa shape index (κ2) is 10.9. The number of hydrogen-bond acceptors (Lipinski definition) is 8. The Hall–Kier alpha value is -2.94. The van der Waals surface area contributed by atoms with Crippen LogP contribution < -0.4 is 9.62 Å². The van der Waals surface area contributed by atoms with E-state index in [0.717, 1.165) is 22.4 Å². The highest BCUT2D eigenvalue weighted by molar-refractivity contribution is 7.92. The van der Waals surface area contributed by atoms with Gasteiger partial charge in [0, 0.05) is 27.3 Å². The highest BCUT2D eigenvalue weighted by atomic mass is 32.2. The number of nitrogens with zero attached hydrogens (tertiary/aromatic N) is 3. The molecule has 1 amide bonds. The quantitative estimate of drug-likeness (QED) is 0.331. The molecule has 0 fully saturated rings. The summed E-state index contributed by atoms with van der Waals surface area (Å²) >= 11 is 0. The molecule has 170 valence electrons. The van der Waals surface area contributed by atoms with Crippen LogP contribution in [-0.4, -0.2) is 66.1 Å². The molecule has 0 aliphatic rings. The highest BCUT2D eigenvalue weighted by Gasteiger charge is 2.29. The van der Waals surface area contributed by atoms with E-state index in [-0.39, 0.29) is 26.0 Å². The third-order valence-electron chi connectivity index (χ3n) is 4.64. The minimum absolute atomic E-state index is 0. The molecule has 0 aliphatic carbocycles. The Morgan fingerprint density at radius 3 is 2.68 bits per heavy atom. The zero-order chi connectivity index (χ0) is 23.0. The van der Waals surface area contributed by atoms with Gasteiger partial charge in [0.2, 0.25) is 10.0 Å². The van der Waals surface area contributed by atoms with Crippen molar-refractivity contribution < 1.29 is 29.3 Å². The fourth-order valence-electron chi connectivity index (χ4n) is 2.78. The molecule has 2 rings (SSSR count). The summed E-state index contributed by atoms with van der Waals surface area (Å²) in [5, 5.41) is 23.7. The number of carbonyl (C=O) groups is 1. The molecule has 0 bridgehead atoms. The number of pyridine rings is 1. The summed E-state index contributed by atoms with van der Waals surface area (Å²) < 4.78 is 29.1. The van der Waals surface area contributed by atoms with E-state index < -0.39 is 34.2 Å². The van der Waals surface area contributed by atoms with Gasteiger partial charge in [0.05, 0.1) is 18.4 Å². The Labute approximate surface area is 182 Å². The molecule has 2 heterocycles. The maximum absolute atomic E-state index is 12.7. The first-order valence-electron chi connectivity index (χ1n) is 9.52. The van der Waals surface area contributed by atoms with Crippen LogP contribution in [0.5, 0.6) is 0 Å². The lowest BCUT2D eigenvalue weighted by Crippen LogP contribution is -2.50. The first-order chi connectivity index (χ1) is 14.6. The Morgan fingerprint density at radius 1 is 1.39 bits per heavy atom. The topological polar surface area (TPSA) is 146 Å². The van der Waals surface area contributed by atoms with Gasteiger partial charge in [-0.2, -0.15) is 4.98 Å². The second-order valence-electron chi connectivity index (χ2n) is 7.04. The smallest absolute Gasteiger partial charge is 0.311 e. The van der Waals surface area contributed by atoms with Crippen LogP contribution in [0.3, 0.4) is 0 Å². The van der Waals surface area contributed by atoms with Crippen LogP contribution in [0, 0.1) is 12.3 Å². The van der Waals surface area contributed by atoms with Gasteiger partial charge in [0.15, 0.2) is 5.69 Å².